The number of carboxylic acid groups (broad SMARTS) is 1. The van der Waals surface area contributed by atoms with Gasteiger partial charge < -0.3 is 25.6 Å². The van der Waals surface area contributed by atoms with Crippen molar-refractivity contribution in [1.29, 1.82) is 0 Å². The second-order valence-corrected chi connectivity index (χ2v) is 7.64. The lowest BCUT2D eigenvalue weighted by Crippen LogP contribution is -2.46. The Morgan fingerprint density at radius 3 is 2.00 bits per heavy atom. The number of nitrogens with zero attached hydrogens (tertiary/aromatic N) is 2. The van der Waals surface area contributed by atoms with E-state index in [2.05, 4.69) is 17.0 Å². The number of ether oxygens (including phenoxy) is 1. The van der Waals surface area contributed by atoms with E-state index in [1.54, 1.807) is 0 Å². The molecule has 1 fully saturated rings. The van der Waals surface area contributed by atoms with Gasteiger partial charge >= 0.3 is 18.1 Å². The fraction of sp³-hybridized carbons (Fsp3) is 0.222. The summed E-state index contributed by atoms with van der Waals surface area (Å²) in [6.45, 7) is 0.547. The molecule has 8 nitrogen and oxygen atoms in total. The SMILES string of the molecule is CO.NCCOC(=O)c1ccc(C2CC(=Nc3ccccc3)N2c2ccccc2)cc1.O=C(O)C(F)(F)F. The molecular formula is C27H28F3N3O5. The summed E-state index contributed by atoms with van der Waals surface area (Å²) in [5.74, 6) is -2.08. The first-order valence-electron chi connectivity index (χ1n) is 11.4. The van der Waals surface area contributed by atoms with E-state index < -0.39 is 12.1 Å². The number of benzene rings is 3. The number of aliphatic carboxylic acids is 1. The molecule has 0 aromatic heterocycles. The van der Waals surface area contributed by atoms with Crippen molar-refractivity contribution in [2.75, 3.05) is 25.2 Å². The number of carbonyl (C=O) groups excluding carboxylic acids is 1. The Morgan fingerprint density at radius 1 is 0.974 bits per heavy atom. The second-order valence-electron chi connectivity index (χ2n) is 7.64. The number of para-hydroxylation sites is 2. The molecule has 1 aliphatic rings. The quantitative estimate of drug-likeness (QED) is 0.393. The van der Waals surface area contributed by atoms with E-state index in [0.717, 1.165) is 36.3 Å². The Morgan fingerprint density at radius 2 is 1.50 bits per heavy atom. The first-order chi connectivity index (χ1) is 18.2. The van der Waals surface area contributed by atoms with Crippen LogP contribution in [0.3, 0.4) is 0 Å². The van der Waals surface area contributed by atoms with Gasteiger partial charge in [-0.3, -0.25) is 0 Å². The monoisotopic (exact) mass is 531 g/mol. The van der Waals surface area contributed by atoms with Crippen molar-refractivity contribution < 1.29 is 37.7 Å². The van der Waals surface area contributed by atoms with Gasteiger partial charge in [0.2, 0.25) is 0 Å². The summed E-state index contributed by atoms with van der Waals surface area (Å²) in [5.41, 5.74) is 9.10. The third-order valence-corrected chi connectivity index (χ3v) is 5.14. The molecule has 1 aliphatic heterocycles. The maximum Gasteiger partial charge on any atom is 0.490 e. The van der Waals surface area contributed by atoms with E-state index in [9.17, 15) is 18.0 Å². The van der Waals surface area contributed by atoms with Crippen molar-refractivity contribution in [1.82, 2.24) is 0 Å². The van der Waals surface area contributed by atoms with Gasteiger partial charge in [0.15, 0.2) is 0 Å². The number of hydrogen-bond donors (Lipinski definition) is 3. The molecule has 1 atom stereocenters. The Kier molecular flexibility index (Phi) is 11.5. The van der Waals surface area contributed by atoms with Crippen LogP contribution in [0.2, 0.25) is 0 Å². The highest BCUT2D eigenvalue weighted by atomic mass is 19.4. The van der Waals surface area contributed by atoms with Crippen molar-refractivity contribution in [2.45, 2.75) is 18.6 Å². The predicted molar refractivity (Wildman–Crippen MR) is 137 cm³/mol. The van der Waals surface area contributed by atoms with Crippen LogP contribution in [0.15, 0.2) is 89.9 Å². The van der Waals surface area contributed by atoms with E-state index in [0.29, 0.717) is 12.1 Å². The minimum atomic E-state index is -5.08. The molecule has 4 N–H and O–H groups in total. The number of aliphatic hydroxyl groups is 1. The van der Waals surface area contributed by atoms with Crippen molar-refractivity contribution in [3.05, 3.63) is 96.1 Å². The molecule has 4 rings (SSSR count). The number of carboxylic acids is 1. The highest BCUT2D eigenvalue weighted by Gasteiger charge is 2.38. The molecular weight excluding hydrogens is 503 g/mol. The normalized spacial score (nSPS) is 15.3. The molecule has 0 bridgehead atoms. The molecule has 0 aliphatic carbocycles. The number of esters is 1. The lowest BCUT2D eigenvalue weighted by atomic mass is 9.91. The minimum absolute atomic E-state index is 0.175. The third-order valence-electron chi connectivity index (χ3n) is 5.14. The van der Waals surface area contributed by atoms with Crippen LogP contribution < -0.4 is 10.6 Å². The van der Waals surface area contributed by atoms with Crippen LogP contribution >= 0.6 is 0 Å². The summed E-state index contributed by atoms with van der Waals surface area (Å²) in [6.07, 6.45) is -4.25. The highest BCUT2D eigenvalue weighted by molar-refractivity contribution is 6.06. The molecule has 11 heteroatoms. The molecule has 0 spiro atoms. The number of hydrogen-bond acceptors (Lipinski definition) is 6. The maximum absolute atomic E-state index is 12.0. The number of aliphatic hydroxyl groups excluding tert-OH is 1. The van der Waals surface area contributed by atoms with Gasteiger partial charge in [-0.05, 0) is 42.0 Å². The maximum atomic E-state index is 12.0. The Balaban J connectivity index is 0.000000491. The first kappa shape index (κ1) is 30.0. The topological polar surface area (TPSA) is 125 Å². The molecule has 0 saturated carbocycles. The van der Waals surface area contributed by atoms with Crippen LogP contribution in [0.1, 0.15) is 28.4 Å². The Hall–Kier alpha value is -4.22. The predicted octanol–water partition coefficient (Wildman–Crippen LogP) is 4.73. The van der Waals surface area contributed by atoms with Crippen LogP contribution in [0.4, 0.5) is 24.5 Å². The smallest absolute Gasteiger partial charge is 0.475 e. The number of anilines is 1. The van der Waals surface area contributed by atoms with Crippen LogP contribution in [0.5, 0.6) is 0 Å². The average molecular weight is 532 g/mol. The van der Waals surface area contributed by atoms with Crippen LogP contribution in [0, 0.1) is 0 Å². The largest absolute Gasteiger partial charge is 0.490 e. The van der Waals surface area contributed by atoms with Crippen molar-refractivity contribution >= 4 is 29.1 Å². The lowest BCUT2D eigenvalue weighted by molar-refractivity contribution is -0.192. The molecule has 38 heavy (non-hydrogen) atoms. The van der Waals surface area contributed by atoms with Gasteiger partial charge in [0.1, 0.15) is 12.4 Å². The number of halogens is 3. The fourth-order valence-corrected chi connectivity index (χ4v) is 3.44. The number of amidine groups is 1. The Labute approximate surface area is 217 Å². The summed E-state index contributed by atoms with van der Waals surface area (Å²) in [5, 5.41) is 14.1. The van der Waals surface area contributed by atoms with Crippen LogP contribution in [0.25, 0.3) is 0 Å². The van der Waals surface area contributed by atoms with E-state index in [4.69, 9.17) is 30.5 Å². The van der Waals surface area contributed by atoms with Gasteiger partial charge in [0.05, 0.1) is 17.3 Å². The summed E-state index contributed by atoms with van der Waals surface area (Å²) >= 11 is 0. The van der Waals surface area contributed by atoms with E-state index in [1.807, 2.05) is 72.8 Å². The standard InChI is InChI=1S/C24H23N3O2.C2HF3O2.CH4O/c25-15-16-29-24(28)19-13-11-18(12-14-19)22-17-23(26-20-7-3-1-4-8-20)27(22)21-9-5-2-6-10-21;3-2(4,5)1(6)7;1-2/h1-14,22H,15-17,25H2;(H,6,7);2H,1H3. The van der Waals surface area contributed by atoms with Crippen molar-refractivity contribution in [3.8, 4) is 0 Å². The van der Waals surface area contributed by atoms with Gasteiger partial charge in [-0.1, -0.05) is 48.5 Å². The summed E-state index contributed by atoms with van der Waals surface area (Å²) in [7, 11) is 1.00. The molecule has 3 aromatic rings. The van der Waals surface area contributed by atoms with E-state index >= 15 is 0 Å². The summed E-state index contributed by atoms with van der Waals surface area (Å²) < 4.78 is 36.8. The van der Waals surface area contributed by atoms with Crippen molar-refractivity contribution in [3.63, 3.8) is 0 Å². The lowest BCUT2D eigenvalue weighted by Gasteiger charge is -2.44. The molecule has 3 aromatic carbocycles. The number of alkyl halides is 3. The van der Waals surface area contributed by atoms with Crippen LogP contribution in [-0.2, 0) is 9.53 Å². The zero-order valence-electron chi connectivity index (χ0n) is 20.5. The van der Waals surface area contributed by atoms with Gasteiger partial charge in [-0.15, -0.1) is 0 Å². The highest BCUT2D eigenvalue weighted by Crippen LogP contribution is 2.40. The zero-order valence-corrected chi connectivity index (χ0v) is 20.5. The minimum Gasteiger partial charge on any atom is -0.475 e. The third kappa shape index (κ3) is 8.43. The van der Waals surface area contributed by atoms with Gasteiger partial charge in [-0.2, -0.15) is 13.2 Å². The fourth-order valence-electron chi connectivity index (χ4n) is 3.44. The number of aliphatic imine (C=N–C) groups is 1. The second kappa shape index (κ2) is 14.5. The van der Waals surface area contributed by atoms with Gasteiger partial charge in [-0.25, -0.2) is 14.6 Å². The average Bonchev–Trinajstić information content (AvgIpc) is 2.92. The zero-order chi connectivity index (χ0) is 28.1. The molecule has 0 amide bonds. The number of nitrogens with two attached hydrogens (primary N) is 1. The molecule has 0 radical (unpaired) electrons. The molecule has 1 unspecified atom stereocenters. The number of rotatable bonds is 6. The van der Waals surface area contributed by atoms with Crippen molar-refractivity contribution in [2.24, 2.45) is 10.7 Å². The van der Waals surface area contributed by atoms with E-state index in [-0.39, 0.29) is 18.6 Å². The molecule has 202 valence electrons. The summed E-state index contributed by atoms with van der Waals surface area (Å²) in [4.78, 5) is 28.0. The first-order valence-corrected chi connectivity index (χ1v) is 11.4. The molecule has 1 heterocycles. The Bertz CT molecular complexity index is 1190. The number of carbonyl (C=O) groups is 2. The van der Waals surface area contributed by atoms with Gasteiger partial charge in [0.25, 0.3) is 0 Å². The summed E-state index contributed by atoms with van der Waals surface area (Å²) in [6, 6.07) is 28.0. The van der Waals surface area contributed by atoms with Crippen LogP contribution in [-0.4, -0.2) is 54.4 Å². The molecule has 1 saturated heterocycles. The van der Waals surface area contributed by atoms with E-state index in [1.165, 1.54) is 0 Å². The van der Waals surface area contributed by atoms with Gasteiger partial charge in [0, 0.05) is 25.8 Å².